The van der Waals surface area contributed by atoms with Gasteiger partial charge in [0.05, 0.1) is 17.4 Å². The van der Waals surface area contributed by atoms with E-state index in [9.17, 15) is 18.0 Å². The van der Waals surface area contributed by atoms with Crippen molar-refractivity contribution in [1.29, 1.82) is 0 Å². The summed E-state index contributed by atoms with van der Waals surface area (Å²) >= 11 is 0. The smallest absolute Gasteiger partial charge is 0.338 e. The summed E-state index contributed by atoms with van der Waals surface area (Å²) in [6.07, 6.45) is 1.12. The van der Waals surface area contributed by atoms with Gasteiger partial charge in [0.2, 0.25) is 0 Å². The van der Waals surface area contributed by atoms with Crippen LogP contribution in [0, 0.1) is 0 Å². The van der Waals surface area contributed by atoms with Crippen molar-refractivity contribution in [2.45, 2.75) is 18.7 Å². The predicted molar refractivity (Wildman–Crippen MR) is 98.3 cm³/mol. The number of nitrogens with one attached hydrogen (secondary N) is 1. The maximum Gasteiger partial charge on any atom is 0.338 e. The molecule has 0 aromatic heterocycles. The van der Waals surface area contributed by atoms with Gasteiger partial charge in [0, 0.05) is 6.26 Å². The summed E-state index contributed by atoms with van der Waals surface area (Å²) in [5.41, 5.74) is 1.64. The SMILES string of the molecule is C[C@H](NC(=O)COC(=O)c1cccc(CS(C)(=O)=O)c1)c1ccccc1. The maximum absolute atomic E-state index is 12.1. The molecular weight excluding hydrogens is 354 g/mol. The zero-order valence-corrected chi connectivity index (χ0v) is 15.5. The average molecular weight is 375 g/mol. The van der Waals surface area contributed by atoms with E-state index in [0.29, 0.717) is 5.56 Å². The number of carbonyl (C=O) groups excluding carboxylic acids is 2. The highest BCUT2D eigenvalue weighted by molar-refractivity contribution is 7.89. The van der Waals surface area contributed by atoms with E-state index in [1.807, 2.05) is 37.3 Å². The molecule has 0 aliphatic carbocycles. The van der Waals surface area contributed by atoms with Crippen molar-refractivity contribution in [2.75, 3.05) is 12.9 Å². The van der Waals surface area contributed by atoms with E-state index in [1.54, 1.807) is 12.1 Å². The third kappa shape index (κ3) is 6.33. The third-order valence-corrected chi connectivity index (χ3v) is 4.46. The van der Waals surface area contributed by atoms with Crippen molar-refractivity contribution in [3.8, 4) is 0 Å². The molecule has 0 heterocycles. The first kappa shape index (κ1) is 19.7. The van der Waals surface area contributed by atoms with E-state index in [1.165, 1.54) is 12.1 Å². The summed E-state index contributed by atoms with van der Waals surface area (Å²) in [7, 11) is -3.20. The molecule has 0 spiro atoms. The minimum atomic E-state index is -3.20. The highest BCUT2D eigenvalue weighted by atomic mass is 32.2. The van der Waals surface area contributed by atoms with E-state index >= 15 is 0 Å². The molecular formula is C19H21NO5S. The Morgan fingerprint density at radius 2 is 1.77 bits per heavy atom. The van der Waals surface area contributed by atoms with E-state index in [-0.39, 0.29) is 17.4 Å². The van der Waals surface area contributed by atoms with Crippen LogP contribution in [-0.2, 0) is 25.1 Å². The molecule has 2 rings (SSSR count). The Morgan fingerprint density at radius 1 is 1.08 bits per heavy atom. The Kier molecular flexibility index (Phi) is 6.52. The molecule has 1 atom stereocenters. The molecule has 2 aromatic rings. The van der Waals surface area contributed by atoms with Crippen LogP contribution in [0.5, 0.6) is 0 Å². The predicted octanol–water partition coefficient (Wildman–Crippen LogP) is 2.27. The lowest BCUT2D eigenvalue weighted by Crippen LogP contribution is -2.31. The molecule has 2 aromatic carbocycles. The molecule has 0 radical (unpaired) electrons. The molecule has 1 amide bonds. The lowest BCUT2D eigenvalue weighted by atomic mass is 10.1. The minimum Gasteiger partial charge on any atom is -0.452 e. The van der Waals surface area contributed by atoms with Gasteiger partial charge in [-0.1, -0.05) is 42.5 Å². The van der Waals surface area contributed by atoms with Crippen LogP contribution < -0.4 is 5.32 Å². The molecule has 0 bridgehead atoms. The second-order valence-corrected chi connectivity index (χ2v) is 8.19. The fraction of sp³-hybridized carbons (Fsp3) is 0.263. The number of hydrogen-bond acceptors (Lipinski definition) is 5. The number of benzene rings is 2. The van der Waals surface area contributed by atoms with Crippen molar-refractivity contribution >= 4 is 21.7 Å². The van der Waals surface area contributed by atoms with Gasteiger partial charge < -0.3 is 10.1 Å². The maximum atomic E-state index is 12.1. The molecule has 138 valence electrons. The zero-order chi connectivity index (χ0) is 19.2. The first-order chi connectivity index (χ1) is 12.2. The topological polar surface area (TPSA) is 89.5 Å². The van der Waals surface area contributed by atoms with Crippen molar-refractivity contribution in [1.82, 2.24) is 5.32 Å². The fourth-order valence-corrected chi connectivity index (χ4v) is 3.20. The number of hydrogen-bond donors (Lipinski definition) is 1. The summed E-state index contributed by atoms with van der Waals surface area (Å²) in [5, 5.41) is 2.75. The second kappa shape index (κ2) is 8.62. The van der Waals surface area contributed by atoms with Gasteiger partial charge in [-0.25, -0.2) is 13.2 Å². The second-order valence-electron chi connectivity index (χ2n) is 6.05. The molecule has 0 unspecified atom stereocenters. The Morgan fingerprint density at radius 3 is 2.42 bits per heavy atom. The summed E-state index contributed by atoms with van der Waals surface area (Å²) in [6, 6.07) is 15.4. The molecule has 1 N–H and O–H groups in total. The minimum absolute atomic E-state index is 0.163. The van der Waals surface area contributed by atoms with E-state index in [0.717, 1.165) is 11.8 Å². The summed E-state index contributed by atoms with van der Waals surface area (Å²) in [6.45, 7) is 1.43. The van der Waals surface area contributed by atoms with Gasteiger partial charge in [-0.2, -0.15) is 0 Å². The molecule has 0 saturated heterocycles. The molecule has 7 heteroatoms. The van der Waals surface area contributed by atoms with Crippen LogP contribution in [0.3, 0.4) is 0 Å². The van der Waals surface area contributed by atoms with Crippen molar-refractivity contribution in [3.05, 3.63) is 71.3 Å². The molecule has 0 saturated carbocycles. The fourth-order valence-electron chi connectivity index (χ4n) is 2.41. The third-order valence-electron chi connectivity index (χ3n) is 3.60. The van der Waals surface area contributed by atoms with Gasteiger partial charge in [-0.3, -0.25) is 4.79 Å². The Labute approximate surface area is 153 Å². The average Bonchev–Trinajstić information content (AvgIpc) is 2.59. The Bertz CT molecular complexity index is 878. The van der Waals surface area contributed by atoms with Crippen LogP contribution in [0.4, 0.5) is 0 Å². The van der Waals surface area contributed by atoms with Gasteiger partial charge in [-0.15, -0.1) is 0 Å². The van der Waals surface area contributed by atoms with Gasteiger partial charge in [0.1, 0.15) is 0 Å². The number of rotatable bonds is 7. The Balaban J connectivity index is 1.90. The lowest BCUT2D eigenvalue weighted by Gasteiger charge is -2.14. The van der Waals surface area contributed by atoms with Gasteiger partial charge in [0.25, 0.3) is 5.91 Å². The quantitative estimate of drug-likeness (QED) is 0.750. The van der Waals surface area contributed by atoms with Crippen molar-refractivity contribution in [3.63, 3.8) is 0 Å². The first-order valence-corrected chi connectivity index (χ1v) is 10.1. The van der Waals surface area contributed by atoms with Crippen LogP contribution >= 0.6 is 0 Å². The van der Waals surface area contributed by atoms with Crippen molar-refractivity contribution < 1.29 is 22.7 Å². The van der Waals surface area contributed by atoms with E-state index in [2.05, 4.69) is 5.32 Å². The molecule has 26 heavy (non-hydrogen) atoms. The number of carbonyl (C=O) groups is 2. The number of esters is 1. The number of sulfone groups is 1. The molecule has 6 nitrogen and oxygen atoms in total. The van der Waals surface area contributed by atoms with Crippen LogP contribution in [0.1, 0.15) is 34.5 Å². The highest BCUT2D eigenvalue weighted by Gasteiger charge is 2.14. The number of ether oxygens (including phenoxy) is 1. The molecule has 0 aliphatic rings. The van der Waals surface area contributed by atoms with Gasteiger partial charge in [0.15, 0.2) is 16.4 Å². The first-order valence-electron chi connectivity index (χ1n) is 8.03. The largest absolute Gasteiger partial charge is 0.452 e. The zero-order valence-electron chi connectivity index (χ0n) is 14.6. The normalized spacial score (nSPS) is 12.2. The van der Waals surface area contributed by atoms with Crippen LogP contribution in [0.2, 0.25) is 0 Å². The van der Waals surface area contributed by atoms with E-state index in [4.69, 9.17) is 4.74 Å². The highest BCUT2D eigenvalue weighted by Crippen LogP contribution is 2.12. The summed E-state index contributed by atoms with van der Waals surface area (Å²) in [4.78, 5) is 24.0. The molecule has 0 aliphatic heterocycles. The summed E-state index contributed by atoms with van der Waals surface area (Å²) < 4.78 is 27.7. The summed E-state index contributed by atoms with van der Waals surface area (Å²) in [5.74, 6) is -1.26. The van der Waals surface area contributed by atoms with Gasteiger partial charge >= 0.3 is 5.97 Å². The van der Waals surface area contributed by atoms with E-state index < -0.39 is 28.3 Å². The van der Waals surface area contributed by atoms with Crippen molar-refractivity contribution in [2.24, 2.45) is 0 Å². The standard InChI is InChI=1S/C19H21NO5S/c1-14(16-8-4-3-5-9-16)20-18(21)12-25-19(22)17-10-6-7-15(11-17)13-26(2,23)24/h3-11,14H,12-13H2,1-2H3,(H,20,21)/t14-/m0/s1. The van der Waals surface area contributed by atoms with Gasteiger partial charge in [-0.05, 0) is 30.2 Å². The molecule has 0 fully saturated rings. The van der Waals surface area contributed by atoms with Crippen LogP contribution in [0.15, 0.2) is 54.6 Å². The Hall–Kier alpha value is -2.67. The van der Waals surface area contributed by atoms with Crippen LogP contribution in [0.25, 0.3) is 0 Å². The lowest BCUT2D eigenvalue weighted by molar-refractivity contribution is -0.124. The number of amides is 1. The monoisotopic (exact) mass is 375 g/mol. The van der Waals surface area contributed by atoms with Crippen LogP contribution in [-0.4, -0.2) is 33.2 Å².